The number of nitrogens with one attached hydrogen (secondary N) is 1. The number of carbonyl (C=O) groups excluding carboxylic acids is 2. The second-order valence-electron chi connectivity index (χ2n) is 5.79. The van der Waals surface area contributed by atoms with E-state index in [1.54, 1.807) is 4.90 Å². The number of aryl methyl sites for hydroxylation is 1. The molecule has 120 valence electrons. The average Bonchev–Trinajstić information content (AvgIpc) is 2.49. The van der Waals surface area contributed by atoms with Crippen molar-refractivity contribution in [3.05, 3.63) is 23.8 Å². The minimum atomic E-state index is -0.0552. The number of hydrogen-bond acceptors (Lipinski definition) is 3. The van der Waals surface area contributed by atoms with Crippen LogP contribution in [0, 0.1) is 6.92 Å². The maximum Gasteiger partial charge on any atom is 0.265 e. The molecule has 0 radical (unpaired) electrons. The van der Waals surface area contributed by atoms with Gasteiger partial charge in [0.2, 0.25) is 5.91 Å². The van der Waals surface area contributed by atoms with Crippen LogP contribution in [0.15, 0.2) is 18.2 Å². The topological polar surface area (TPSA) is 58.6 Å². The first-order chi connectivity index (χ1) is 10.5. The summed E-state index contributed by atoms with van der Waals surface area (Å²) in [5.41, 5.74) is 1.88. The Balaban J connectivity index is 1.94. The summed E-state index contributed by atoms with van der Waals surface area (Å²) in [4.78, 5) is 25.6. The Morgan fingerprint density at radius 3 is 2.95 bits per heavy atom. The van der Waals surface area contributed by atoms with Crippen LogP contribution < -0.4 is 15.0 Å². The van der Waals surface area contributed by atoms with E-state index in [-0.39, 0.29) is 24.5 Å². The normalized spacial score (nSPS) is 15.0. The monoisotopic (exact) mass is 304 g/mol. The van der Waals surface area contributed by atoms with Gasteiger partial charge in [-0.25, -0.2) is 0 Å². The van der Waals surface area contributed by atoms with Crippen LogP contribution in [0.1, 0.15) is 38.7 Å². The Morgan fingerprint density at radius 1 is 1.45 bits per heavy atom. The molecule has 2 amide bonds. The largest absolute Gasteiger partial charge is 0.482 e. The van der Waals surface area contributed by atoms with Gasteiger partial charge in [0, 0.05) is 19.0 Å². The molecule has 5 heteroatoms. The first-order valence-corrected chi connectivity index (χ1v) is 7.84. The van der Waals surface area contributed by atoms with Crippen molar-refractivity contribution in [3.8, 4) is 5.75 Å². The number of carbonyl (C=O) groups is 2. The molecule has 2 rings (SSSR count). The van der Waals surface area contributed by atoms with Gasteiger partial charge >= 0.3 is 0 Å². The van der Waals surface area contributed by atoms with Gasteiger partial charge in [-0.3, -0.25) is 9.59 Å². The van der Waals surface area contributed by atoms with Crippen molar-refractivity contribution < 1.29 is 14.3 Å². The van der Waals surface area contributed by atoms with Crippen molar-refractivity contribution >= 4 is 17.5 Å². The van der Waals surface area contributed by atoms with Crippen LogP contribution >= 0.6 is 0 Å². The van der Waals surface area contributed by atoms with E-state index >= 15 is 0 Å². The molecule has 1 aliphatic rings. The lowest BCUT2D eigenvalue weighted by atomic mass is 10.1. The molecule has 0 aliphatic carbocycles. The molecule has 1 aliphatic heterocycles. The van der Waals surface area contributed by atoms with Crippen molar-refractivity contribution in [1.82, 2.24) is 5.32 Å². The van der Waals surface area contributed by atoms with Gasteiger partial charge in [-0.15, -0.1) is 0 Å². The molecule has 1 aromatic carbocycles. The molecule has 0 spiro atoms. The first-order valence-electron chi connectivity index (χ1n) is 7.84. The van der Waals surface area contributed by atoms with E-state index in [2.05, 4.69) is 5.32 Å². The third-order valence-corrected chi connectivity index (χ3v) is 3.86. The van der Waals surface area contributed by atoms with Crippen LogP contribution in [0.5, 0.6) is 5.75 Å². The van der Waals surface area contributed by atoms with E-state index in [0.29, 0.717) is 19.4 Å². The summed E-state index contributed by atoms with van der Waals surface area (Å²) in [6.45, 7) is 6.61. The Labute approximate surface area is 131 Å². The quantitative estimate of drug-likeness (QED) is 0.878. The van der Waals surface area contributed by atoms with Crippen molar-refractivity contribution in [2.45, 2.75) is 46.1 Å². The lowest BCUT2D eigenvalue weighted by molar-refractivity contribution is -0.123. The van der Waals surface area contributed by atoms with E-state index in [0.717, 1.165) is 23.4 Å². The van der Waals surface area contributed by atoms with Crippen LogP contribution in [0.2, 0.25) is 0 Å². The summed E-state index contributed by atoms with van der Waals surface area (Å²) < 4.78 is 5.45. The molecule has 0 bridgehead atoms. The number of anilines is 1. The number of rotatable bonds is 6. The molecule has 0 saturated carbocycles. The maximum atomic E-state index is 12.1. The first kappa shape index (κ1) is 16.3. The lowest BCUT2D eigenvalue weighted by Gasteiger charge is -2.29. The van der Waals surface area contributed by atoms with E-state index in [4.69, 9.17) is 4.74 Å². The minimum absolute atomic E-state index is 0.0412. The van der Waals surface area contributed by atoms with E-state index < -0.39 is 0 Å². The zero-order chi connectivity index (χ0) is 16.1. The fourth-order valence-electron chi connectivity index (χ4n) is 2.40. The third kappa shape index (κ3) is 4.00. The maximum absolute atomic E-state index is 12.1. The van der Waals surface area contributed by atoms with Gasteiger partial charge < -0.3 is 15.0 Å². The molecule has 0 saturated heterocycles. The van der Waals surface area contributed by atoms with Crippen LogP contribution in [0.3, 0.4) is 0 Å². The summed E-state index contributed by atoms with van der Waals surface area (Å²) in [6.07, 6.45) is 1.98. The van der Waals surface area contributed by atoms with E-state index in [1.807, 2.05) is 39.0 Å². The second-order valence-corrected chi connectivity index (χ2v) is 5.79. The van der Waals surface area contributed by atoms with E-state index in [9.17, 15) is 9.59 Å². The number of fused-ring (bicyclic) bond motifs is 1. The highest BCUT2D eigenvalue weighted by Crippen LogP contribution is 2.32. The lowest BCUT2D eigenvalue weighted by Crippen LogP contribution is -2.40. The van der Waals surface area contributed by atoms with Crippen molar-refractivity contribution in [2.75, 3.05) is 18.1 Å². The van der Waals surface area contributed by atoms with Gasteiger partial charge in [0.15, 0.2) is 6.61 Å². The SMILES string of the molecule is CC[C@@H](C)NC(=O)CCCN1C(=O)COc2ccc(C)cc21. The summed E-state index contributed by atoms with van der Waals surface area (Å²) in [7, 11) is 0. The average molecular weight is 304 g/mol. The van der Waals surface area contributed by atoms with Gasteiger partial charge in [-0.2, -0.15) is 0 Å². The van der Waals surface area contributed by atoms with Gasteiger partial charge in [0.25, 0.3) is 5.91 Å². The molecule has 1 heterocycles. The van der Waals surface area contributed by atoms with Crippen molar-refractivity contribution in [1.29, 1.82) is 0 Å². The summed E-state index contributed by atoms with van der Waals surface area (Å²) in [6, 6.07) is 6.00. The van der Waals surface area contributed by atoms with Gasteiger partial charge in [-0.1, -0.05) is 13.0 Å². The fourth-order valence-corrected chi connectivity index (χ4v) is 2.40. The highest BCUT2D eigenvalue weighted by molar-refractivity contribution is 5.97. The predicted molar refractivity (Wildman–Crippen MR) is 86.2 cm³/mol. The Kier molecular flexibility index (Phi) is 5.41. The van der Waals surface area contributed by atoms with Crippen LogP contribution in [-0.4, -0.2) is 31.0 Å². The van der Waals surface area contributed by atoms with E-state index in [1.165, 1.54) is 0 Å². The van der Waals surface area contributed by atoms with Gasteiger partial charge in [-0.05, 0) is 44.4 Å². The number of nitrogens with zero attached hydrogens (tertiary/aromatic N) is 1. The Bertz CT molecular complexity index is 557. The van der Waals surface area contributed by atoms with Crippen LogP contribution in [-0.2, 0) is 9.59 Å². The standard InChI is InChI=1S/C17H24N2O3/c1-4-13(3)18-16(20)6-5-9-19-14-10-12(2)7-8-15(14)22-11-17(19)21/h7-8,10,13H,4-6,9,11H2,1-3H3,(H,18,20)/t13-/m1/s1. The smallest absolute Gasteiger partial charge is 0.265 e. The molecular formula is C17H24N2O3. The highest BCUT2D eigenvalue weighted by Gasteiger charge is 2.25. The molecule has 0 fully saturated rings. The van der Waals surface area contributed by atoms with Gasteiger partial charge in [0.1, 0.15) is 5.75 Å². The molecule has 0 aromatic heterocycles. The molecule has 5 nitrogen and oxygen atoms in total. The summed E-state index contributed by atoms with van der Waals surface area (Å²) in [5.74, 6) is 0.717. The highest BCUT2D eigenvalue weighted by atomic mass is 16.5. The molecule has 1 atom stereocenters. The fraction of sp³-hybridized carbons (Fsp3) is 0.529. The number of hydrogen-bond donors (Lipinski definition) is 1. The summed E-state index contributed by atoms with van der Waals surface area (Å²) >= 11 is 0. The summed E-state index contributed by atoms with van der Waals surface area (Å²) in [5, 5.41) is 2.94. The van der Waals surface area contributed by atoms with Crippen molar-refractivity contribution in [2.24, 2.45) is 0 Å². The zero-order valence-electron chi connectivity index (χ0n) is 13.5. The molecular weight excluding hydrogens is 280 g/mol. The van der Waals surface area contributed by atoms with Crippen molar-refractivity contribution in [3.63, 3.8) is 0 Å². The molecule has 1 N–H and O–H groups in total. The van der Waals surface area contributed by atoms with Gasteiger partial charge in [0.05, 0.1) is 5.69 Å². The Morgan fingerprint density at radius 2 is 2.23 bits per heavy atom. The molecule has 1 aromatic rings. The van der Waals surface area contributed by atoms with Crippen LogP contribution in [0.4, 0.5) is 5.69 Å². The number of benzene rings is 1. The number of amides is 2. The molecule has 0 unspecified atom stereocenters. The second kappa shape index (κ2) is 7.29. The molecule has 22 heavy (non-hydrogen) atoms. The zero-order valence-corrected chi connectivity index (χ0v) is 13.5. The van der Waals surface area contributed by atoms with Crippen LogP contribution in [0.25, 0.3) is 0 Å². The minimum Gasteiger partial charge on any atom is -0.482 e. The Hall–Kier alpha value is -2.04. The number of ether oxygens (including phenoxy) is 1. The predicted octanol–water partition coefficient (Wildman–Crippen LogP) is 2.42. The third-order valence-electron chi connectivity index (χ3n) is 3.86.